The third-order valence-electron chi connectivity index (χ3n) is 6.35. The standard InChI is InChI=1S/C26H39N5O5/c1-8-36-23(32)21-20(16-30-13-14-31(17(2)15-30)25(34)28-26(3,4)5)29(6)24(33)27-22(21)18-9-11-19(35-7)12-10-18/h9-12,17,22H,8,13-16H2,1-7H3,(H,27,33)(H,28,34)/t17-,22-/m0/s1. The second-order valence-electron chi connectivity index (χ2n) is 10.3. The molecule has 2 atom stereocenters. The minimum atomic E-state index is -0.648. The Balaban J connectivity index is 1.89. The van der Waals surface area contributed by atoms with E-state index in [-0.39, 0.29) is 30.2 Å². The third-order valence-corrected chi connectivity index (χ3v) is 6.35. The summed E-state index contributed by atoms with van der Waals surface area (Å²) in [5.74, 6) is 0.221. The number of amides is 4. The van der Waals surface area contributed by atoms with Crippen molar-refractivity contribution < 1.29 is 23.9 Å². The number of esters is 1. The molecule has 2 aliphatic rings. The number of carbonyl (C=O) groups excluding carboxylic acids is 3. The highest BCUT2D eigenvalue weighted by atomic mass is 16.5. The van der Waals surface area contributed by atoms with Crippen LogP contribution in [0.2, 0.25) is 0 Å². The molecule has 1 saturated heterocycles. The molecule has 2 N–H and O–H groups in total. The number of likely N-dealkylation sites (N-methyl/N-ethyl adjacent to an activating group) is 1. The van der Waals surface area contributed by atoms with Gasteiger partial charge in [0.2, 0.25) is 0 Å². The Hall–Kier alpha value is -3.27. The summed E-state index contributed by atoms with van der Waals surface area (Å²) in [6, 6.07) is 6.20. The summed E-state index contributed by atoms with van der Waals surface area (Å²) in [4.78, 5) is 44.3. The summed E-state index contributed by atoms with van der Waals surface area (Å²) in [7, 11) is 3.24. The predicted molar refractivity (Wildman–Crippen MR) is 137 cm³/mol. The fraction of sp³-hybridized carbons (Fsp3) is 0.577. The highest BCUT2D eigenvalue weighted by molar-refractivity contribution is 5.95. The first kappa shape index (κ1) is 27.3. The van der Waals surface area contributed by atoms with Gasteiger partial charge in [0.1, 0.15) is 5.75 Å². The number of piperazine rings is 1. The fourth-order valence-corrected chi connectivity index (χ4v) is 4.53. The van der Waals surface area contributed by atoms with Gasteiger partial charge in [0, 0.05) is 50.5 Å². The molecule has 4 amide bonds. The molecule has 1 fully saturated rings. The van der Waals surface area contributed by atoms with Crippen LogP contribution in [0.4, 0.5) is 9.59 Å². The Kier molecular flexibility index (Phi) is 8.50. The predicted octanol–water partition coefficient (Wildman–Crippen LogP) is 2.72. The molecular formula is C26H39N5O5. The lowest BCUT2D eigenvalue weighted by Crippen LogP contribution is -2.59. The van der Waals surface area contributed by atoms with Crippen LogP contribution >= 0.6 is 0 Å². The van der Waals surface area contributed by atoms with E-state index in [1.165, 1.54) is 4.90 Å². The molecule has 0 bridgehead atoms. The monoisotopic (exact) mass is 501 g/mol. The Morgan fingerprint density at radius 1 is 1.17 bits per heavy atom. The number of methoxy groups -OCH3 is 1. The van der Waals surface area contributed by atoms with Crippen molar-refractivity contribution in [2.45, 2.75) is 52.2 Å². The van der Waals surface area contributed by atoms with Gasteiger partial charge in [0.25, 0.3) is 0 Å². The molecule has 2 aliphatic heterocycles. The van der Waals surface area contributed by atoms with E-state index in [0.29, 0.717) is 43.2 Å². The van der Waals surface area contributed by atoms with Crippen LogP contribution in [0.25, 0.3) is 0 Å². The van der Waals surface area contributed by atoms with E-state index in [9.17, 15) is 14.4 Å². The van der Waals surface area contributed by atoms with Crippen LogP contribution in [0.15, 0.2) is 35.5 Å². The van der Waals surface area contributed by atoms with Gasteiger partial charge in [-0.2, -0.15) is 0 Å². The number of hydrogen-bond donors (Lipinski definition) is 2. The van der Waals surface area contributed by atoms with Crippen molar-refractivity contribution in [2.24, 2.45) is 0 Å². The molecule has 0 aliphatic carbocycles. The molecule has 198 valence electrons. The molecule has 1 aromatic carbocycles. The summed E-state index contributed by atoms with van der Waals surface area (Å²) >= 11 is 0. The molecule has 10 heteroatoms. The van der Waals surface area contributed by atoms with Crippen LogP contribution in [0.1, 0.15) is 46.2 Å². The Labute approximate surface area is 213 Å². The number of rotatable bonds is 6. The van der Waals surface area contributed by atoms with Crippen molar-refractivity contribution in [1.29, 1.82) is 0 Å². The van der Waals surface area contributed by atoms with E-state index < -0.39 is 12.0 Å². The average Bonchev–Trinajstić information content (AvgIpc) is 2.81. The van der Waals surface area contributed by atoms with Crippen LogP contribution in [-0.4, -0.2) is 91.3 Å². The molecule has 3 rings (SSSR count). The van der Waals surface area contributed by atoms with E-state index in [1.807, 2.05) is 44.7 Å². The van der Waals surface area contributed by atoms with Gasteiger partial charge in [0.15, 0.2) is 0 Å². The lowest BCUT2D eigenvalue weighted by Gasteiger charge is -2.43. The lowest BCUT2D eigenvalue weighted by molar-refractivity contribution is -0.139. The van der Waals surface area contributed by atoms with Gasteiger partial charge in [-0.3, -0.25) is 9.80 Å². The van der Waals surface area contributed by atoms with Crippen LogP contribution < -0.4 is 15.4 Å². The number of hydrogen-bond acceptors (Lipinski definition) is 6. The summed E-state index contributed by atoms with van der Waals surface area (Å²) in [5, 5.41) is 5.96. The first-order chi connectivity index (χ1) is 16.9. The van der Waals surface area contributed by atoms with Crippen LogP contribution in [0.5, 0.6) is 5.75 Å². The van der Waals surface area contributed by atoms with E-state index in [2.05, 4.69) is 15.5 Å². The van der Waals surface area contributed by atoms with Crippen molar-refractivity contribution in [3.05, 3.63) is 41.1 Å². The van der Waals surface area contributed by atoms with E-state index >= 15 is 0 Å². The molecule has 10 nitrogen and oxygen atoms in total. The van der Waals surface area contributed by atoms with Crippen LogP contribution in [0, 0.1) is 0 Å². The molecule has 0 spiro atoms. The zero-order valence-corrected chi connectivity index (χ0v) is 22.4. The molecule has 0 saturated carbocycles. The van der Waals surface area contributed by atoms with Gasteiger partial charge in [-0.1, -0.05) is 12.1 Å². The van der Waals surface area contributed by atoms with Gasteiger partial charge in [-0.15, -0.1) is 0 Å². The number of nitrogens with one attached hydrogen (secondary N) is 2. The molecule has 0 aromatic heterocycles. The van der Waals surface area contributed by atoms with E-state index in [4.69, 9.17) is 9.47 Å². The van der Waals surface area contributed by atoms with E-state index in [1.54, 1.807) is 33.2 Å². The number of benzene rings is 1. The van der Waals surface area contributed by atoms with Crippen molar-refractivity contribution >= 4 is 18.0 Å². The maximum atomic E-state index is 13.2. The number of ether oxygens (including phenoxy) is 2. The molecule has 36 heavy (non-hydrogen) atoms. The van der Waals surface area contributed by atoms with Gasteiger partial charge in [-0.25, -0.2) is 14.4 Å². The topological polar surface area (TPSA) is 103 Å². The summed E-state index contributed by atoms with van der Waals surface area (Å²) in [6.07, 6.45) is 0. The molecular weight excluding hydrogens is 462 g/mol. The van der Waals surface area contributed by atoms with Crippen molar-refractivity contribution in [3.8, 4) is 5.75 Å². The smallest absolute Gasteiger partial charge is 0.338 e. The molecule has 0 unspecified atom stereocenters. The first-order valence-corrected chi connectivity index (χ1v) is 12.3. The Morgan fingerprint density at radius 3 is 2.39 bits per heavy atom. The minimum Gasteiger partial charge on any atom is -0.497 e. The second kappa shape index (κ2) is 11.2. The Morgan fingerprint density at radius 2 is 1.83 bits per heavy atom. The quantitative estimate of drug-likeness (QED) is 0.581. The normalized spacial score (nSPS) is 21.2. The maximum absolute atomic E-state index is 13.2. The summed E-state index contributed by atoms with van der Waals surface area (Å²) in [6.45, 7) is 12.0. The summed E-state index contributed by atoms with van der Waals surface area (Å²) < 4.78 is 10.7. The van der Waals surface area contributed by atoms with Crippen LogP contribution in [0.3, 0.4) is 0 Å². The van der Waals surface area contributed by atoms with Crippen molar-refractivity contribution in [3.63, 3.8) is 0 Å². The molecule has 1 aromatic rings. The maximum Gasteiger partial charge on any atom is 0.338 e. The zero-order chi connectivity index (χ0) is 26.6. The van der Waals surface area contributed by atoms with Gasteiger partial charge < -0.3 is 25.0 Å². The van der Waals surface area contributed by atoms with Gasteiger partial charge in [-0.05, 0) is 52.3 Å². The van der Waals surface area contributed by atoms with E-state index in [0.717, 1.165) is 5.56 Å². The van der Waals surface area contributed by atoms with Crippen molar-refractivity contribution in [2.75, 3.05) is 46.9 Å². The van der Waals surface area contributed by atoms with Gasteiger partial charge in [0.05, 0.1) is 25.3 Å². The third kappa shape index (κ3) is 6.29. The minimum absolute atomic E-state index is 0.0344. The second-order valence-corrected chi connectivity index (χ2v) is 10.3. The molecule has 2 heterocycles. The average molecular weight is 502 g/mol. The fourth-order valence-electron chi connectivity index (χ4n) is 4.53. The van der Waals surface area contributed by atoms with Crippen LogP contribution in [-0.2, 0) is 9.53 Å². The number of urea groups is 2. The Bertz CT molecular complexity index is 1000. The highest BCUT2D eigenvalue weighted by Gasteiger charge is 2.38. The molecule has 0 radical (unpaired) electrons. The highest BCUT2D eigenvalue weighted by Crippen LogP contribution is 2.32. The number of nitrogens with zero attached hydrogens (tertiary/aromatic N) is 3. The summed E-state index contributed by atoms with van der Waals surface area (Å²) in [5.41, 5.74) is 1.44. The van der Waals surface area contributed by atoms with Crippen molar-refractivity contribution in [1.82, 2.24) is 25.3 Å². The first-order valence-electron chi connectivity index (χ1n) is 12.3. The zero-order valence-electron chi connectivity index (χ0n) is 22.4. The largest absolute Gasteiger partial charge is 0.497 e. The van der Waals surface area contributed by atoms with Gasteiger partial charge >= 0.3 is 18.0 Å². The SMILES string of the molecule is CCOC(=O)C1=C(CN2CCN(C(=O)NC(C)(C)C)[C@@H](C)C2)N(C)C(=O)N[C@H]1c1ccc(OC)cc1. The number of carbonyl (C=O) groups is 3. The lowest BCUT2D eigenvalue weighted by atomic mass is 9.94.